The van der Waals surface area contributed by atoms with Gasteiger partial charge in [0, 0.05) is 36.5 Å². The summed E-state index contributed by atoms with van der Waals surface area (Å²) in [4.78, 5) is 36.4. The minimum Gasteiger partial charge on any atom is -0.354 e. The lowest BCUT2D eigenvalue weighted by atomic mass is 9.83. The Labute approximate surface area is 138 Å². The molecule has 0 aliphatic carbocycles. The number of halogens is 2. The molecule has 1 saturated heterocycles. The quantitative estimate of drug-likeness (QED) is 0.834. The highest BCUT2D eigenvalue weighted by Crippen LogP contribution is 2.28. The van der Waals surface area contributed by atoms with E-state index in [-0.39, 0.29) is 48.3 Å². The van der Waals surface area contributed by atoms with E-state index in [4.69, 9.17) is 11.6 Å². The molecular formula is C16H18ClFN2O3. The van der Waals surface area contributed by atoms with Crippen molar-refractivity contribution in [3.8, 4) is 0 Å². The van der Waals surface area contributed by atoms with E-state index in [1.165, 1.54) is 12.1 Å². The number of amides is 3. The molecule has 0 spiro atoms. The number of hydrogen-bond donors (Lipinski definition) is 1. The molecule has 0 radical (unpaired) electrons. The highest BCUT2D eigenvalue weighted by atomic mass is 35.5. The average Bonchev–Trinajstić information content (AvgIpc) is 2.78. The molecule has 0 bridgehead atoms. The van der Waals surface area contributed by atoms with Gasteiger partial charge in [0.2, 0.25) is 17.7 Å². The molecule has 0 unspecified atom stereocenters. The van der Waals surface area contributed by atoms with E-state index in [2.05, 4.69) is 5.32 Å². The second-order valence-corrected chi connectivity index (χ2v) is 6.38. The van der Waals surface area contributed by atoms with Crippen LogP contribution in [0.15, 0.2) is 18.2 Å². The van der Waals surface area contributed by atoms with Crippen molar-refractivity contribution in [2.75, 3.05) is 13.1 Å². The second kappa shape index (κ2) is 6.66. The number of hydrogen-bond acceptors (Lipinski definition) is 3. The minimum absolute atomic E-state index is 0.128. The van der Waals surface area contributed by atoms with Crippen molar-refractivity contribution in [2.45, 2.75) is 32.1 Å². The lowest BCUT2D eigenvalue weighted by molar-refractivity contribution is -0.138. The monoisotopic (exact) mass is 340 g/mol. The Morgan fingerprint density at radius 3 is 2.48 bits per heavy atom. The molecule has 7 heteroatoms. The lowest BCUT2D eigenvalue weighted by Crippen LogP contribution is -2.44. The number of nitrogens with one attached hydrogen (secondary N) is 1. The van der Waals surface area contributed by atoms with Crippen LogP contribution in [-0.4, -0.2) is 35.7 Å². The van der Waals surface area contributed by atoms with Crippen LogP contribution >= 0.6 is 11.6 Å². The summed E-state index contributed by atoms with van der Waals surface area (Å²) < 4.78 is 14.0. The maximum Gasteiger partial charge on any atom is 0.230 e. The summed E-state index contributed by atoms with van der Waals surface area (Å²) in [5.41, 5.74) is -0.874. The first kappa shape index (κ1) is 17.4. The topological polar surface area (TPSA) is 66.5 Å². The average molecular weight is 341 g/mol. The van der Waals surface area contributed by atoms with Crippen LogP contribution in [0, 0.1) is 5.82 Å². The highest BCUT2D eigenvalue weighted by molar-refractivity contribution is 6.30. The minimum atomic E-state index is -1.10. The van der Waals surface area contributed by atoms with Gasteiger partial charge in [-0.1, -0.05) is 17.7 Å². The van der Waals surface area contributed by atoms with Crippen LogP contribution in [0.4, 0.5) is 4.39 Å². The Balaban J connectivity index is 1.99. The van der Waals surface area contributed by atoms with E-state index in [1.807, 2.05) is 0 Å². The summed E-state index contributed by atoms with van der Waals surface area (Å²) in [6, 6.07) is 4.16. The fraction of sp³-hybridized carbons (Fsp3) is 0.438. The number of rotatable bonds is 5. The molecule has 1 N–H and O–H groups in total. The maximum atomic E-state index is 14.0. The van der Waals surface area contributed by atoms with E-state index < -0.39 is 17.1 Å². The van der Waals surface area contributed by atoms with Crippen molar-refractivity contribution in [1.82, 2.24) is 10.2 Å². The zero-order chi connectivity index (χ0) is 17.2. The third-order valence-corrected chi connectivity index (χ3v) is 4.18. The number of imide groups is 1. The number of nitrogens with zero attached hydrogens (tertiary/aromatic N) is 1. The fourth-order valence-corrected chi connectivity index (χ4v) is 2.65. The largest absolute Gasteiger partial charge is 0.354 e. The van der Waals surface area contributed by atoms with Gasteiger partial charge in [0.15, 0.2) is 0 Å². The van der Waals surface area contributed by atoms with Gasteiger partial charge in [0.1, 0.15) is 5.82 Å². The van der Waals surface area contributed by atoms with Crippen LogP contribution in [0.3, 0.4) is 0 Å². The number of likely N-dealkylation sites (tertiary alicyclic amines) is 1. The molecule has 3 amide bonds. The second-order valence-electron chi connectivity index (χ2n) is 5.94. The Kier molecular flexibility index (Phi) is 5.04. The van der Waals surface area contributed by atoms with Crippen molar-refractivity contribution in [3.63, 3.8) is 0 Å². The zero-order valence-electron chi connectivity index (χ0n) is 13.0. The van der Waals surface area contributed by atoms with Crippen molar-refractivity contribution in [2.24, 2.45) is 0 Å². The summed E-state index contributed by atoms with van der Waals surface area (Å²) in [6.07, 6.45) is 0.433. The van der Waals surface area contributed by atoms with Gasteiger partial charge in [-0.05, 0) is 26.0 Å². The molecule has 23 heavy (non-hydrogen) atoms. The molecule has 1 heterocycles. The van der Waals surface area contributed by atoms with Gasteiger partial charge in [0.05, 0.1) is 5.41 Å². The van der Waals surface area contributed by atoms with Gasteiger partial charge >= 0.3 is 0 Å². The molecule has 0 saturated carbocycles. The number of benzene rings is 1. The first-order chi connectivity index (χ1) is 10.7. The van der Waals surface area contributed by atoms with Crippen LogP contribution in [0.2, 0.25) is 5.02 Å². The first-order valence-electron chi connectivity index (χ1n) is 7.30. The third-order valence-electron chi connectivity index (χ3n) is 3.95. The van der Waals surface area contributed by atoms with Crippen molar-refractivity contribution < 1.29 is 18.8 Å². The summed E-state index contributed by atoms with van der Waals surface area (Å²) in [6.45, 7) is 3.46. The van der Waals surface area contributed by atoms with Crippen LogP contribution < -0.4 is 5.32 Å². The molecular weight excluding hydrogens is 323 g/mol. The summed E-state index contributed by atoms with van der Waals surface area (Å²) in [7, 11) is 0. The van der Waals surface area contributed by atoms with E-state index >= 15 is 0 Å². The number of carbonyl (C=O) groups excluding carboxylic acids is 3. The standard InChI is InChI=1S/C16H18ClFN2O3/c1-16(2,11-4-3-10(17)9-12(11)18)15(23)19-7-8-20-13(21)5-6-14(20)22/h3-4,9H,5-8H2,1-2H3,(H,19,23). The molecule has 1 fully saturated rings. The van der Waals surface area contributed by atoms with Crippen LogP contribution in [0.25, 0.3) is 0 Å². The van der Waals surface area contributed by atoms with E-state index in [1.54, 1.807) is 13.8 Å². The Bertz CT molecular complexity index is 645. The predicted octanol–water partition coefficient (Wildman–Crippen LogP) is 2.02. The van der Waals surface area contributed by atoms with Crippen LogP contribution in [-0.2, 0) is 19.8 Å². The molecule has 1 aliphatic heterocycles. The van der Waals surface area contributed by atoms with Crippen LogP contribution in [0.5, 0.6) is 0 Å². The molecule has 5 nitrogen and oxygen atoms in total. The zero-order valence-corrected chi connectivity index (χ0v) is 13.7. The maximum absolute atomic E-state index is 14.0. The van der Waals surface area contributed by atoms with E-state index in [0.29, 0.717) is 0 Å². The summed E-state index contributed by atoms with van der Waals surface area (Å²) in [5.74, 6) is -1.40. The molecule has 0 atom stereocenters. The highest BCUT2D eigenvalue weighted by Gasteiger charge is 2.33. The van der Waals surface area contributed by atoms with E-state index in [0.717, 1.165) is 11.0 Å². The molecule has 1 aromatic carbocycles. The smallest absolute Gasteiger partial charge is 0.230 e. The molecule has 0 aromatic heterocycles. The predicted molar refractivity (Wildman–Crippen MR) is 83.4 cm³/mol. The van der Waals surface area contributed by atoms with Crippen molar-refractivity contribution in [1.29, 1.82) is 0 Å². The lowest BCUT2D eigenvalue weighted by Gasteiger charge is -2.25. The Morgan fingerprint density at radius 2 is 1.91 bits per heavy atom. The molecule has 1 aromatic rings. The van der Waals surface area contributed by atoms with Gasteiger partial charge in [0.25, 0.3) is 0 Å². The van der Waals surface area contributed by atoms with Crippen molar-refractivity contribution >= 4 is 29.3 Å². The van der Waals surface area contributed by atoms with Gasteiger partial charge in [-0.3, -0.25) is 19.3 Å². The third kappa shape index (κ3) is 3.69. The number of carbonyl (C=O) groups is 3. The van der Waals surface area contributed by atoms with Crippen LogP contribution in [0.1, 0.15) is 32.3 Å². The fourth-order valence-electron chi connectivity index (χ4n) is 2.49. The molecule has 124 valence electrons. The SMILES string of the molecule is CC(C)(C(=O)NCCN1C(=O)CCC1=O)c1ccc(Cl)cc1F. The normalized spacial score (nSPS) is 15.2. The Hall–Kier alpha value is -1.95. The van der Waals surface area contributed by atoms with Crippen molar-refractivity contribution in [3.05, 3.63) is 34.6 Å². The van der Waals surface area contributed by atoms with Gasteiger partial charge in [-0.25, -0.2) is 4.39 Å². The van der Waals surface area contributed by atoms with Gasteiger partial charge in [-0.2, -0.15) is 0 Å². The molecule has 2 rings (SSSR count). The van der Waals surface area contributed by atoms with Gasteiger partial charge < -0.3 is 5.32 Å². The first-order valence-corrected chi connectivity index (χ1v) is 7.68. The summed E-state index contributed by atoms with van der Waals surface area (Å²) in [5, 5.41) is 2.90. The van der Waals surface area contributed by atoms with E-state index in [9.17, 15) is 18.8 Å². The Morgan fingerprint density at radius 1 is 1.30 bits per heavy atom. The van der Waals surface area contributed by atoms with Gasteiger partial charge in [-0.15, -0.1) is 0 Å². The summed E-state index contributed by atoms with van der Waals surface area (Å²) >= 11 is 5.72. The molecule has 1 aliphatic rings.